The second kappa shape index (κ2) is 9.26. The van der Waals surface area contributed by atoms with Crippen molar-refractivity contribution in [2.75, 3.05) is 13.7 Å². The second-order valence-electron chi connectivity index (χ2n) is 6.73. The third-order valence-corrected chi connectivity index (χ3v) is 4.22. The number of rotatable bonds is 7. The molecular weight excluding hydrogens is 340 g/mol. The monoisotopic (exact) mass is 368 g/mol. The Morgan fingerprint density at radius 2 is 1.78 bits per heavy atom. The van der Waals surface area contributed by atoms with Gasteiger partial charge in [-0.1, -0.05) is 13.8 Å². The molecule has 0 fully saturated rings. The number of carbonyl (C=O) groups is 1. The quantitative estimate of drug-likeness (QED) is 0.457. The number of hydrogen-bond donors (Lipinski definition) is 0. The van der Waals surface area contributed by atoms with E-state index in [2.05, 4.69) is 13.8 Å². The molecule has 0 atom stereocenters. The molecule has 4 nitrogen and oxygen atoms in total. The van der Waals surface area contributed by atoms with Crippen molar-refractivity contribution in [2.24, 2.45) is 0 Å². The molecule has 0 aliphatic rings. The molecule has 2 aromatic rings. The molecule has 0 bridgehead atoms. The van der Waals surface area contributed by atoms with Crippen LogP contribution in [0.15, 0.2) is 36.4 Å². The highest BCUT2D eigenvalue weighted by Crippen LogP contribution is 2.35. The first kappa shape index (κ1) is 20.6. The van der Waals surface area contributed by atoms with Gasteiger partial charge in [0.25, 0.3) is 0 Å². The van der Waals surface area contributed by atoms with Gasteiger partial charge in [-0.2, -0.15) is 0 Å². The van der Waals surface area contributed by atoms with E-state index in [1.165, 1.54) is 6.08 Å². The molecule has 0 saturated heterocycles. The molecule has 0 amide bonds. The molecule has 0 spiro atoms. The van der Waals surface area contributed by atoms with Gasteiger partial charge in [-0.25, -0.2) is 4.79 Å². The van der Waals surface area contributed by atoms with Crippen molar-refractivity contribution in [3.05, 3.63) is 58.7 Å². The van der Waals surface area contributed by atoms with Crippen LogP contribution in [-0.2, 0) is 9.53 Å². The lowest BCUT2D eigenvalue weighted by Crippen LogP contribution is -1.99. The Labute approximate surface area is 161 Å². The summed E-state index contributed by atoms with van der Waals surface area (Å²) in [6, 6.07) is 9.86. The summed E-state index contributed by atoms with van der Waals surface area (Å²) in [4.78, 5) is 11.5. The summed E-state index contributed by atoms with van der Waals surface area (Å²) in [7, 11) is 1.68. The van der Waals surface area contributed by atoms with Crippen molar-refractivity contribution in [1.82, 2.24) is 0 Å². The van der Waals surface area contributed by atoms with Crippen LogP contribution in [0.1, 0.15) is 48.9 Å². The van der Waals surface area contributed by atoms with E-state index in [9.17, 15) is 4.79 Å². The van der Waals surface area contributed by atoms with Gasteiger partial charge in [-0.3, -0.25) is 0 Å². The summed E-state index contributed by atoms with van der Waals surface area (Å²) in [6.45, 7) is 10.4. The van der Waals surface area contributed by atoms with Crippen LogP contribution in [0.2, 0.25) is 0 Å². The minimum Gasteiger partial charge on any atom is -0.496 e. The molecule has 4 heteroatoms. The van der Waals surface area contributed by atoms with Crippen LogP contribution < -0.4 is 9.47 Å². The van der Waals surface area contributed by atoms with Gasteiger partial charge in [0.05, 0.1) is 13.7 Å². The van der Waals surface area contributed by atoms with Crippen LogP contribution in [0.5, 0.6) is 17.2 Å². The van der Waals surface area contributed by atoms with Gasteiger partial charge >= 0.3 is 5.97 Å². The first-order chi connectivity index (χ1) is 12.8. The summed E-state index contributed by atoms with van der Waals surface area (Å²) in [6.07, 6.45) is 3.20. The molecule has 0 aliphatic heterocycles. The fourth-order valence-corrected chi connectivity index (χ4v) is 2.94. The van der Waals surface area contributed by atoms with Crippen LogP contribution in [-0.4, -0.2) is 19.7 Å². The number of esters is 1. The van der Waals surface area contributed by atoms with Crippen LogP contribution in [0.3, 0.4) is 0 Å². The van der Waals surface area contributed by atoms with Gasteiger partial charge in [-0.15, -0.1) is 0 Å². The van der Waals surface area contributed by atoms with Gasteiger partial charge < -0.3 is 14.2 Å². The van der Waals surface area contributed by atoms with E-state index in [1.54, 1.807) is 20.1 Å². The molecule has 0 N–H and O–H groups in total. The highest BCUT2D eigenvalue weighted by atomic mass is 16.5. The molecule has 0 unspecified atom stereocenters. The van der Waals surface area contributed by atoms with Gasteiger partial charge in [0.2, 0.25) is 0 Å². The Kier molecular flexibility index (Phi) is 7.05. The Balaban J connectivity index is 2.27. The third-order valence-electron chi connectivity index (χ3n) is 4.22. The first-order valence-corrected chi connectivity index (χ1v) is 9.17. The predicted octanol–water partition coefficient (Wildman–Crippen LogP) is 5.80. The average molecular weight is 368 g/mol. The zero-order valence-corrected chi connectivity index (χ0v) is 17.0. The molecule has 0 heterocycles. The fraction of sp³-hybridized carbons (Fsp3) is 0.348. The first-order valence-electron chi connectivity index (χ1n) is 9.17. The average Bonchev–Trinajstić information content (AvgIpc) is 2.63. The molecule has 27 heavy (non-hydrogen) atoms. The fourth-order valence-electron chi connectivity index (χ4n) is 2.94. The van der Waals surface area contributed by atoms with Crippen molar-refractivity contribution in [3.8, 4) is 17.2 Å². The van der Waals surface area contributed by atoms with Crippen molar-refractivity contribution in [1.29, 1.82) is 0 Å². The van der Waals surface area contributed by atoms with Crippen molar-refractivity contribution >= 4 is 12.0 Å². The topological polar surface area (TPSA) is 44.8 Å². The van der Waals surface area contributed by atoms with E-state index >= 15 is 0 Å². The molecule has 0 saturated carbocycles. The Bertz CT molecular complexity index is 811. The SMILES string of the molecule is CCOC(=O)/C=C/c1cc(C)c(Oc2ccc(OC)c(C(C)C)c2)c(C)c1. The Morgan fingerprint density at radius 1 is 1.11 bits per heavy atom. The van der Waals surface area contributed by atoms with E-state index in [0.29, 0.717) is 12.5 Å². The highest BCUT2D eigenvalue weighted by molar-refractivity contribution is 5.87. The van der Waals surface area contributed by atoms with Gasteiger partial charge in [0.15, 0.2) is 0 Å². The maximum atomic E-state index is 11.5. The molecular formula is C23H28O4. The number of aryl methyl sites for hydroxylation is 2. The minimum absolute atomic E-state index is 0.334. The van der Waals surface area contributed by atoms with Gasteiger partial charge in [-0.05, 0) is 79.8 Å². The molecule has 2 rings (SSSR count). The largest absolute Gasteiger partial charge is 0.496 e. The molecule has 2 aromatic carbocycles. The number of ether oxygens (including phenoxy) is 3. The van der Waals surface area contributed by atoms with E-state index in [4.69, 9.17) is 14.2 Å². The van der Waals surface area contributed by atoms with Crippen LogP contribution in [0, 0.1) is 13.8 Å². The summed E-state index contributed by atoms with van der Waals surface area (Å²) in [5, 5.41) is 0. The van der Waals surface area contributed by atoms with E-state index in [-0.39, 0.29) is 5.97 Å². The van der Waals surface area contributed by atoms with E-state index in [0.717, 1.165) is 39.5 Å². The summed E-state index contributed by atoms with van der Waals surface area (Å²) in [5.74, 6) is 2.46. The minimum atomic E-state index is -0.340. The van der Waals surface area contributed by atoms with E-state index < -0.39 is 0 Å². The zero-order chi connectivity index (χ0) is 20.0. The number of hydrogen-bond acceptors (Lipinski definition) is 4. The Hall–Kier alpha value is -2.75. The lowest BCUT2D eigenvalue weighted by atomic mass is 10.0. The Morgan fingerprint density at radius 3 is 2.33 bits per heavy atom. The third kappa shape index (κ3) is 5.36. The summed E-state index contributed by atoms with van der Waals surface area (Å²) in [5.41, 5.74) is 4.04. The maximum absolute atomic E-state index is 11.5. The van der Waals surface area contributed by atoms with Crippen LogP contribution in [0.4, 0.5) is 0 Å². The lowest BCUT2D eigenvalue weighted by molar-refractivity contribution is -0.137. The number of carbonyl (C=O) groups excluding carboxylic acids is 1. The number of methoxy groups -OCH3 is 1. The predicted molar refractivity (Wildman–Crippen MR) is 109 cm³/mol. The molecule has 0 radical (unpaired) electrons. The standard InChI is InChI=1S/C23H28O4/c1-7-26-22(24)11-8-18-12-16(4)23(17(5)13-18)27-19-9-10-21(25-6)20(14-19)15(2)3/h8-15H,7H2,1-6H3/b11-8+. The zero-order valence-electron chi connectivity index (χ0n) is 17.0. The van der Waals surface area contributed by atoms with E-state index in [1.807, 2.05) is 44.2 Å². The number of benzene rings is 2. The molecule has 0 aromatic heterocycles. The summed E-state index contributed by atoms with van der Waals surface area (Å²) >= 11 is 0. The van der Waals surface area contributed by atoms with Crippen molar-refractivity contribution < 1.29 is 19.0 Å². The van der Waals surface area contributed by atoms with Crippen molar-refractivity contribution in [2.45, 2.75) is 40.5 Å². The van der Waals surface area contributed by atoms with Gasteiger partial charge in [0, 0.05) is 11.6 Å². The van der Waals surface area contributed by atoms with Gasteiger partial charge in [0.1, 0.15) is 17.2 Å². The van der Waals surface area contributed by atoms with Crippen LogP contribution in [0.25, 0.3) is 6.08 Å². The highest BCUT2D eigenvalue weighted by Gasteiger charge is 2.12. The van der Waals surface area contributed by atoms with Crippen molar-refractivity contribution in [3.63, 3.8) is 0 Å². The lowest BCUT2D eigenvalue weighted by Gasteiger charge is -2.16. The normalized spacial score (nSPS) is 11.1. The van der Waals surface area contributed by atoms with Crippen LogP contribution >= 0.6 is 0 Å². The molecule has 0 aliphatic carbocycles. The second-order valence-corrected chi connectivity index (χ2v) is 6.73. The molecule has 144 valence electrons. The smallest absolute Gasteiger partial charge is 0.330 e. The maximum Gasteiger partial charge on any atom is 0.330 e. The summed E-state index contributed by atoms with van der Waals surface area (Å²) < 4.78 is 16.5.